The SMILES string of the molecule is CSCc1cccc(C(F)(F)F)c1NS(=O)(=O)c1nc2nc(C)ccn2n1. The Kier molecular flexibility index (Phi) is 5.04. The van der Waals surface area contributed by atoms with E-state index in [1.165, 1.54) is 30.1 Å². The van der Waals surface area contributed by atoms with Crippen molar-refractivity contribution in [3.8, 4) is 0 Å². The van der Waals surface area contributed by atoms with Gasteiger partial charge in [-0.1, -0.05) is 12.1 Å². The van der Waals surface area contributed by atoms with Crippen molar-refractivity contribution >= 4 is 33.3 Å². The van der Waals surface area contributed by atoms with Crippen LogP contribution >= 0.6 is 11.8 Å². The van der Waals surface area contributed by atoms with Gasteiger partial charge in [0.25, 0.3) is 21.0 Å². The fraction of sp³-hybridized carbons (Fsp3) is 0.267. The maximum atomic E-state index is 13.4. The molecule has 144 valence electrons. The molecular formula is C15H14F3N5O2S2. The Morgan fingerprint density at radius 2 is 1.96 bits per heavy atom. The Morgan fingerprint density at radius 1 is 1.22 bits per heavy atom. The number of benzene rings is 1. The Balaban J connectivity index is 2.09. The molecule has 1 aromatic carbocycles. The topological polar surface area (TPSA) is 89.2 Å². The van der Waals surface area contributed by atoms with Crippen molar-refractivity contribution in [1.82, 2.24) is 19.6 Å². The summed E-state index contributed by atoms with van der Waals surface area (Å²) in [5.41, 5.74) is -0.798. The number of rotatable bonds is 5. The average Bonchev–Trinajstić information content (AvgIpc) is 2.99. The monoisotopic (exact) mass is 417 g/mol. The molecule has 27 heavy (non-hydrogen) atoms. The first-order valence-electron chi connectivity index (χ1n) is 7.52. The van der Waals surface area contributed by atoms with Crippen LogP contribution in [0.3, 0.4) is 0 Å². The summed E-state index contributed by atoms with van der Waals surface area (Å²) in [6.07, 6.45) is -1.56. The Hall–Kier alpha value is -2.34. The maximum absolute atomic E-state index is 13.4. The van der Waals surface area contributed by atoms with Crippen molar-refractivity contribution in [2.75, 3.05) is 11.0 Å². The molecule has 0 atom stereocenters. The summed E-state index contributed by atoms with van der Waals surface area (Å²) < 4.78 is 68.5. The molecule has 0 saturated carbocycles. The van der Waals surface area contributed by atoms with Crippen LogP contribution in [0.4, 0.5) is 18.9 Å². The minimum absolute atomic E-state index is 0.0313. The van der Waals surface area contributed by atoms with Gasteiger partial charge in [-0.2, -0.15) is 38.3 Å². The zero-order valence-corrected chi connectivity index (χ0v) is 15.8. The van der Waals surface area contributed by atoms with E-state index in [0.717, 1.165) is 10.6 Å². The predicted molar refractivity (Wildman–Crippen MR) is 95.0 cm³/mol. The highest BCUT2D eigenvalue weighted by Crippen LogP contribution is 2.38. The molecular weight excluding hydrogens is 403 g/mol. The van der Waals surface area contributed by atoms with E-state index in [2.05, 4.69) is 15.1 Å². The number of alkyl halides is 3. The highest BCUT2D eigenvalue weighted by atomic mass is 32.2. The van der Waals surface area contributed by atoms with Gasteiger partial charge in [0.1, 0.15) is 0 Å². The van der Waals surface area contributed by atoms with Gasteiger partial charge in [-0.3, -0.25) is 4.72 Å². The summed E-state index contributed by atoms with van der Waals surface area (Å²) >= 11 is 1.27. The third kappa shape index (κ3) is 4.00. The second-order valence-electron chi connectivity index (χ2n) is 5.58. The second-order valence-corrected chi connectivity index (χ2v) is 8.03. The zero-order chi connectivity index (χ0) is 19.8. The molecule has 0 aliphatic rings. The first-order valence-corrected chi connectivity index (χ1v) is 10.4. The van der Waals surface area contributed by atoms with Gasteiger partial charge in [0.2, 0.25) is 0 Å². The van der Waals surface area contributed by atoms with Crippen LogP contribution in [0.2, 0.25) is 0 Å². The molecule has 0 radical (unpaired) electrons. The number of aryl methyl sites for hydroxylation is 1. The van der Waals surface area contributed by atoms with Crippen molar-refractivity contribution < 1.29 is 21.6 Å². The van der Waals surface area contributed by atoms with E-state index in [1.807, 2.05) is 4.72 Å². The van der Waals surface area contributed by atoms with Crippen molar-refractivity contribution in [3.05, 3.63) is 47.3 Å². The lowest BCUT2D eigenvalue weighted by atomic mass is 10.1. The molecule has 3 aromatic rings. The minimum atomic E-state index is -4.72. The zero-order valence-electron chi connectivity index (χ0n) is 14.1. The average molecular weight is 417 g/mol. The summed E-state index contributed by atoms with van der Waals surface area (Å²) in [6.45, 7) is 1.69. The third-order valence-electron chi connectivity index (χ3n) is 3.56. The quantitative estimate of drug-likeness (QED) is 0.686. The first kappa shape index (κ1) is 19.4. The number of hydrogen-bond donors (Lipinski definition) is 1. The number of aromatic nitrogens is 4. The minimum Gasteiger partial charge on any atom is -0.276 e. The van der Waals surface area contributed by atoms with Crippen LogP contribution in [0, 0.1) is 6.92 Å². The summed E-state index contributed by atoms with van der Waals surface area (Å²) in [5.74, 6) is 0.227. The molecule has 0 amide bonds. The molecule has 0 unspecified atom stereocenters. The normalized spacial score (nSPS) is 12.5. The Morgan fingerprint density at radius 3 is 2.63 bits per heavy atom. The van der Waals surface area contributed by atoms with Crippen LogP contribution in [0.15, 0.2) is 35.6 Å². The Labute approximate surface area is 157 Å². The Bertz CT molecular complexity index is 1100. The number of anilines is 1. The van der Waals surface area contributed by atoms with E-state index in [9.17, 15) is 21.6 Å². The van der Waals surface area contributed by atoms with Crippen LogP contribution < -0.4 is 4.72 Å². The number of nitrogens with zero attached hydrogens (tertiary/aromatic N) is 4. The molecule has 0 spiro atoms. The molecule has 0 bridgehead atoms. The number of nitrogens with one attached hydrogen (secondary N) is 1. The van der Waals surface area contributed by atoms with E-state index in [-0.39, 0.29) is 17.1 Å². The number of thioether (sulfide) groups is 1. The van der Waals surface area contributed by atoms with Gasteiger partial charge in [0.15, 0.2) is 0 Å². The van der Waals surface area contributed by atoms with Gasteiger partial charge in [-0.05, 0) is 30.9 Å². The van der Waals surface area contributed by atoms with Gasteiger partial charge in [-0.25, -0.2) is 9.50 Å². The summed E-state index contributed by atoms with van der Waals surface area (Å²) in [4.78, 5) is 7.85. The van der Waals surface area contributed by atoms with Crippen molar-refractivity contribution in [3.63, 3.8) is 0 Å². The lowest BCUT2D eigenvalue weighted by Gasteiger charge is -2.17. The second kappa shape index (κ2) is 7.00. The van der Waals surface area contributed by atoms with Gasteiger partial charge in [0.05, 0.1) is 11.3 Å². The highest BCUT2D eigenvalue weighted by Gasteiger charge is 2.36. The number of sulfonamides is 1. The lowest BCUT2D eigenvalue weighted by Crippen LogP contribution is -2.19. The van der Waals surface area contributed by atoms with E-state index in [4.69, 9.17) is 0 Å². The van der Waals surface area contributed by atoms with Crippen LogP contribution in [-0.2, 0) is 22.0 Å². The summed E-state index contributed by atoms with van der Waals surface area (Å²) in [5, 5.41) is 3.14. The predicted octanol–water partition coefficient (Wildman–Crippen LogP) is 3.12. The molecule has 0 saturated heterocycles. The molecule has 0 fully saturated rings. The van der Waals surface area contributed by atoms with E-state index in [0.29, 0.717) is 5.69 Å². The first-order chi connectivity index (χ1) is 12.6. The molecule has 0 aliphatic heterocycles. The van der Waals surface area contributed by atoms with Gasteiger partial charge < -0.3 is 0 Å². The number of hydrogen-bond acceptors (Lipinski definition) is 6. The van der Waals surface area contributed by atoms with Crippen LogP contribution in [0.1, 0.15) is 16.8 Å². The molecule has 12 heteroatoms. The fourth-order valence-corrected chi connectivity index (χ4v) is 3.92. The van der Waals surface area contributed by atoms with E-state index >= 15 is 0 Å². The molecule has 2 aromatic heterocycles. The molecule has 7 nitrogen and oxygen atoms in total. The smallest absolute Gasteiger partial charge is 0.276 e. The fourth-order valence-electron chi connectivity index (χ4n) is 2.37. The van der Waals surface area contributed by atoms with E-state index in [1.54, 1.807) is 19.2 Å². The van der Waals surface area contributed by atoms with E-state index < -0.39 is 32.6 Å². The largest absolute Gasteiger partial charge is 0.418 e. The number of para-hydroxylation sites is 1. The molecule has 1 N–H and O–H groups in total. The molecule has 3 rings (SSSR count). The summed E-state index contributed by atoms with van der Waals surface area (Å²) in [7, 11) is -4.45. The third-order valence-corrected chi connectivity index (χ3v) is 5.29. The standard InChI is InChI=1S/C15H14F3N5O2S2/c1-9-6-7-23-13(19-9)20-14(21-23)27(24,25)22-12-10(8-26-2)4-3-5-11(12)15(16,17)18/h3-7,22H,8H2,1-2H3. The highest BCUT2D eigenvalue weighted by molar-refractivity contribution is 7.97. The molecule has 2 heterocycles. The number of fused-ring (bicyclic) bond motifs is 1. The van der Waals surface area contributed by atoms with Gasteiger partial charge in [-0.15, -0.1) is 5.10 Å². The lowest BCUT2D eigenvalue weighted by molar-refractivity contribution is -0.136. The van der Waals surface area contributed by atoms with Gasteiger partial charge >= 0.3 is 6.18 Å². The number of halogens is 3. The van der Waals surface area contributed by atoms with Crippen LogP contribution in [0.25, 0.3) is 5.78 Å². The van der Waals surface area contributed by atoms with Crippen molar-refractivity contribution in [1.29, 1.82) is 0 Å². The van der Waals surface area contributed by atoms with Crippen LogP contribution in [-0.4, -0.2) is 34.3 Å². The van der Waals surface area contributed by atoms with Gasteiger partial charge in [0, 0.05) is 17.6 Å². The maximum Gasteiger partial charge on any atom is 0.418 e. The molecule has 0 aliphatic carbocycles. The van der Waals surface area contributed by atoms with Crippen molar-refractivity contribution in [2.24, 2.45) is 0 Å². The van der Waals surface area contributed by atoms with Crippen LogP contribution in [0.5, 0.6) is 0 Å². The summed E-state index contributed by atoms with van der Waals surface area (Å²) in [6, 6.07) is 5.10. The van der Waals surface area contributed by atoms with Crippen molar-refractivity contribution in [2.45, 2.75) is 24.0 Å².